The first-order chi connectivity index (χ1) is 11.7. The van der Waals surface area contributed by atoms with Crippen molar-refractivity contribution in [1.29, 1.82) is 0 Å². The minimum Gasteiger partial charge on any atom is -0.317 e. The number of fused-ring (bicyclic) bond motifs is 1. The molecule has 0 amide bonds. The Labute approximate surface area is 140 Å². The van der Waals surface area contributed by atoms with Crippen molar-refractivity contribution in [2.45, 2.75) is 13.0 Å². The van der Waals surface area contributed by atoms with Crippen LogP contribution in [0.15, 0.2) is 78.9 Å². The first-order valence-corrected chi connectivity index (χ1v) is 8.02. The van der Waals surface area contributed by atoms with Crippen molar-refractivity contribution in [2.24, 2.45) is 0 Å². The first kappa shape index (κ1) is 14.6. The van der Waals surface area contributed by atoms with Crippen molar-refractivity contribution in [2.75, 3.05) is 0 Å². The molecule has 1 unspecified atom stereocenters. The molecular weight excluding hydrogens is 299 g/mol. The van der Waals surface area contributed by atoms with Crippen LogP contribution in [0.3, 0.4) is 0 Å². The third-order valence-corrected chi connectivity index (χ3v) is 4.37. The van der Waals surface area contributed by atoms with Gasteiger partial charge in [-0.1, -0.05) is 42.5 Å². The topological polar surface area (TPSA) is 17.8 Å². The highest BCUT2D eigenvalue weighted by Gasteiger charge is 2.18. The summed E-state index contributed by atoms with van der Waals surface area (Å²) < 4.78 is 15.5. The zero-order valence-corrected chi connectivity index (χ0v) is 13.4. The zero-order chi connectivity index (χ0) is 16.5. The first-order valence-electron chi connectivity index (χ1n) is 8.02. The third-order valence-electron chi connectivity index (χ3n) is 4.37. The van der Waals surface area contributed by atoms with Crippen molar-refractivity contribution < 1.29 is 4.39 Å². The molecule has 0 aliphatic carbocycles. The molecular formula is C21H17FN2. The Morgan fingerprint density at radius 3 is 2.25 bits per heavy atom. The van der Waals surface area contributed by atoms with E-state index in [0.29, 0.717) is 0 Å². The monoisotopic (exact) mass is 316 g/mol. The van der Waals surface area contributed by atoms with E-state index in [1.165, 1.54) is 17.7 Å². The van der Waals surface area contributed by atoms with E-state index in [0.717, 1.165) is 22.4 Å². The largest absolute Gasteiger partial charge is 0.317 e. The normalized spacial score (nSPS) is 12.4. The van der Waals surface area contributed by atoms with E-state index in [9.17, 15) is 4.39 Å². The highest BCUT2D eigenvalue weighted by atomic mass is 19.1. The van der Waals surface area contributed by atoms with Gasteiger partial charge in [0.1, 0.15) is 11.6 Å². The summed E-state index contributed by atoms with van der Waals surface area (Å²) in [6.07, 6.45) is 0. The van der Waals surface area contributed by atoms with Crippen LogP contribution < -0.4 is 0 Å². The number of imidazole rings is 1. The molecule has 0 aliphatic rings. The summed E-state index contributed by atoms with van der Waals surface area (Å²) in [6.45, 7) is 2.16. The molecule has 3 aromatic carbocycles. The summed E-state index contributed by atoms with van der Waals surface area (Å²) in [4.78, 5) is 4.80. The van der Waals surface area contributed by atoms with Crippen LogP contribution in [0.4, 0.5) is 4.39 Å². The Kier molecular flexibility index (Phi) is 3.62. The minimum atomic E-state index is -0.238. The second-order valence-corrected chi connectivity index (χ2v) is 5.89. The number of halogens is 1. The maximum absolute atomic E-state index is 13.3. The molecule has 1 atom stereocenters. The molecule has 2 nitrogen and oxygen atoms in total. The van der Waals surface area contributed by atoms with Crippen LogP contribution in [0.2, 0.25) is 0 Å². The molecule has 1 heterocycles. The molecule has 0 saturated heterocycles. The minimum absolute atomic E-state index is 0.124. The van der Waals surface area contributed by atoms with E-state index in [4.69, 9.17) is 4.98 Å². The van der Waals surface area contributed by atoms with Crippen LogP contribution in [0.5, 0.6) is 0 Å². The number of aromatic nitrogens is 2. The molecule has 0 spiro atoms. The molecule has 4 rings (SSSR count). The summed E-state index contributed by atoms with van der Waals surface area (Å²) >= 11 is 0. The molecule has 24 heavy (non-hydrogen) atoms. The molecule has 0 N–H and O–H groups in total. The molecule has 1 aromatic heterocycles. The average Bonchev–Trinajstić information content (AvgIpc) is 3.02. The Morgan fingerprint density at radius 1 is 0.833 bits per heavy atom. The quantitative estimate of drug-likeness (QED) is 0.491. The van der Waals surface area contributed by atoms with Gasteiger partial charge >= 0.3 is 0 Å². The molecule has 0 fully saturated rings. The lowest BCUT2D eigenvalue weighted by atomic mass is 10.1. The zero-order valence-electron chi connectivity index (χ0n) is 13.4. The number of rotatable bonds is 3. The van der Waals surface area contributed by atoms with Crippen molar-refractivity contribution in [3.8, 4) is 11.4 Å². The van der Waals surface area contributed by atoms with Crippen LogP contribution in [-0.4, -0.2) is 9.55 Å². The van der Waals surface area contributed by atoms with Gasteiger partial charge < -0.3 is 4.57 Å². The van der Waals surface area contributed by atoms with Crippen molar-refractivity contribution in [3.63, 3.8) is 0 Å². The standard InChI is InChI=1S/C21H17FN2/c1-15(16-7-3-2-4-8-16)24-20-10-6-5-9-19(20)23-21(24)17-11-13-18(22)14-12-17/h2-15H,1H3. The molecule has 0 aliphatic heterocycles. The fourth-order valence-electron chi connectivity index (χ4n) is 3.12. The summed E-state index contributed by atoms with van der Waals surface area (Å²) in [5, 5.41) is 0. The highest BCUT2D eigenvalue weighted by molar-refractivity contribution is 5.81. The fourth-order valence-corrected chi connectivity index (χ4v) is 3.12. The van der Waals surface area contributed by atoms with E-state index >= 15 is 0 Å². The number of para-hydroxylation sites is 2. The lowest BCUT2D eigenvalue weighted by molar-refractivity contribution is 0.627. The van der Waals surface area contributed by atoms with Gasteiger partial charge in [0.2, 0.25) is 0 Å². The van der Waals surface area contributed by atoms with E-state index < -0.39 is 0 Å². The summed E-state index contributed by atoms with van der Waals surface area (Å²) in [5.41, 5.74) is 4.15. The fraction of sp³-hybridized carbons (Fsp3) is 0.0952. The Bertz CT molecular complexity index is 972. The van der Waals surface area contributed by atoms with Crippen LogP contribution in [-0.2, 0) is 0 Å². The number of hydrogen-bond acceptors (Lipinski definition) is 1. The van der Waals surface area contributed by atoms with Crippen LogP contribution >= 0.6 is 0 Å². The van der Waals surface area contributed by atoms with E-state index in [1.807, 2.05) is 36.4 Å². The highest BCUT2D eigenvalue weighted by Crippen LogP contribution is 2.31. The third kappa shape index (κ3) is 2.48. The lowest BCUT2D eigenvalue weighted by Crippen LogP contribution is -2.08. The van der Waals surface area contributed by atoms with Gasteiger partial charge in [0.05, 0.1) is 17.1 Å². The predicted molar refractivity (Wildman–Crippen MR) is 95.4 cm³/mol. The van der Waals surface area contributed by atoms with Crippen LogP contribution in [0.25, 0.3) is 22.4 Å². The molecule has 3 heteroatoms. The van der Waals surface area contributed by atoms with Crippen molar-refractivity contribution in [1.82, 2.24) is 9.55 Å². The van der Waals surface area contributed by atoms with E-state index in [-0.39, 0.29) is 11.9 Å². The number of benzene rings is 3. The van der Waals surface area contributed by atoms with E-state index in [1.54, 1.807) is 12.1 Å². The average molecular weight is 316 g/mol. The number of hydrogen-bond donors (Lipinski definition) is 0. The Morgan fingerprint density at radius 2 is 1.50 bits per heavy atom. The van der Waals surface area contributed by atoms with Crippen molar-refractivity contribution in [3.05, 3.63) is 90.2 Å². The Hall–Kier alpha value is -2.94. The summed E-state index contributed by atoms with van der Waals surface area (Å²) in [5.74, 6) is 0.616. The second kappa shape index (κ2) is 5.93. The van der Waals surface area contributed by atoms with Gasteiger partial charge in [0.15, 0.2) is 0 Å². The number of nitrogens with zero attached hydrogens (tertiary/aromatic N) is 2. The van der Waals surface area contributed by atoms with Gasteiger partial charge in [-0.15, -0.1) is 0 Å². The Balaban J connectivity index is 1.95. The summed E-state index contributed by atoms with van der Waals surface area (Å²) in [6, 6.07) is 25.1. The molecule has 0 saturated carbocycles. The molecule has 0 radical (unpaired) electrons. The lowest BCUT2D eigenvalue weighted by Gasteiger charge is -2.18. The van der Waals surface area contributed by atoms with Gasteiger partial charge in [0.25, 0.3) is 0 Å². The van der Waals surface area contributed by atoms with Gasteiger partial charge in [-0.3, -0.25) is 0 Å². The molecule has 0 bridgehead atoms. The van der Waals surface area contributed by atoms with Gasteiger partial charge in [-0.25, -0.2) is 9.37 Å². The molecule has 118 valence electrons. The smallest absolute Gasteiger partial charge is 0.141 e. The van der Waals surface area contributed by atoms with Crippen LogP contribution in [0, 0.1) is 5.82 Å². The maximum atomic E-state index is 13.3. The summed E-state index contributed by atoms with van der Waals surface area (Å²) in [7, 11) is 0. The van der Waals surface area contributed by atoms with Gasteiger partial charge in [0, 0.05) is 5.56 Å². The maximum Gasteiger partial charge on any atom is 0.141 e. The van der Waals surface area contributed by atoms with Crippen LogP contribution in [0.1, 0.15) is 18.5 Å². The molecule has 4 aromatic rings. The second-order valence-electron chi connectivity index (χ2n) is 5.89. The van der Waals surface area contributed by atoms with E-state index in [2.05, 4.69) is 29.7 Å². The van der Waals surface area contributed by atoms with Gasteiger partial charge in [-0.05, 0) is 48.9 Å². The van der Waals surface area contributed by atoms with Crippen molar-refractivity contribution >= 4 is 11.0 Å². The SMILES string of the molecule is CC(c1ccccc1)n1c(-c2ccc(F)cc2)nc2ccccc21. The predicted octanol–water partition coefficient (Wildman–Crippen LogP) is 5.45. The van der Waals surface area contributed by atoms with Gasteiger partial charge in [-0.2, -0.15) is 0 Å².